The molecule has 0 bridgehead atoms. The van der Waals surface area contributed by atoms with E-state index in [9.17, 15) is 0 Å². The molecule has 0 unspecified atom stereocenters. The molecule has 0 radical (unpaired) electrons. The molecule has 0 saturated carbocycles. The molecule has 3 heterocycles. The maximum atomic E-state index is 5.89. The fourth-order valence-corrected chi connectivity index (χ4v) is 5.68. The molecular formula is C28H27N4O3S+. The molecule has 3 N–H and O–H groups in total. The standard InChI is InChI=1S/C28H26N4O3S/c1-33-20-9-10-23-22(15-20)21-12-13-29-25(26(21)30-23)18-8-11-24(34-2)19(14-18)16-36-28-32-31-27(35-28)17-6-4-3-5-7-17/h3-11,14-15,25,29-30H,12-13,16H2,1-2H3/p+1/t25-/m0/s1. The van der Waals surface area contributed by atoms with E-state index in [-0.39, 0.29) is 6.04 Å². The van der Waals surface area contributed by atoms with E-state index in [2.05, 4.69) is 50.8 Å². The van der Waals surface area contributed by atoms with Gasteiger partial charge in [0.1, 0.15) is 11.5 Å². The Morgan fingerprint density at radius 1 is 1.03 bits per heavy atom. The number of nitrogens with two attached hydrogens (primary N) is 1. The van der Waals surface area contributed by atoms with Gasteiger partial charge in [0, 0.05) is 39.8 Å². The number of nitrogens with zero attached hydrogens (tertiary/aromatic N) is 2. The average Bonchev–Trinajstić information content (AvgIpc) is 3.56. The summed E-state index contributed by atoms with van der Waals surface area (Å²) in [6.45, 7) is 1.03. The van der Waals surface area contributed by atoms with E-state index in [1.54, 1.807) is 14.2 Å². The van der Waals surface area contributed by atoms with Crippen molar-refractivity contribution in [3.8, 4) is 23.0 Å². The molecule has 1 aliphatic rings. The molecule has 36 heavy (non-hydrogen) atoms. The second-order valence-corrected chi connectivity index (χ2v) is 9.71. The molecule has 8 heteroatoms. The number of ether oxygens (including phenoxy) is 2. The summed E-state index contributed by atoms with van der Waals surface area (Å²) < 4.78 is 17.0. The molecular weight excluding hydrogens is 472 g/mol. The summed E-state index contributed by atoms with van der Waals surface area (Å²) in [4.78, 5) is 3.68. The number of hydrogen-bond donors (Lipinski definition) is 2. The van der Waals surface area contributed by atoms with Crippen molar-refractivity contribution in [2.45, 2.75) is 23.4 Å². The number of rotatable bonds is 7. The lowest BCUT2D eigenvalue weighted by atomic mass is 9.93. The second kappa shape index (κ2) is 9.72. The maximum absolute atomic E-state index is 5.89. The molecule has 3 aromatic carbocycles. The number of hydrogen-bond acceptors (Lipinski definition) is 6. The second-order valence-electron chi connectivity index (χ2n) is 8.78. The van der Waals surface area contributed by atoms with Gasteiger partial charge >= 0.3 is 0 Å². The highest BCUT2D eigenvalue weighted by Gasteiger charge is 2.29. The van der Waals surface area contributed by atoms with Crippen LogP contribution in [-0.4, -0.2) is 35.9 Å². The number of nitrogens with one attached hydrogen (secondary N) is 1. The van der Waals surface area contributed by atoms with Gasteiger partial charge in [-0.3, -0.25) is 0 Å². The number of thioether (sulfide) groups is 1. The number of H-pyrrole nitrogens is 1. The lowest BCUT2D eigenvalue weighted by Gasteiger charge is -2.22. The fraction of sp³-hybridized carbons (Fsp3) is 0.214. The van der Waals surface area contributed by atoms with E-state index in [4.69, 9.17) is 13.9 Å². The van der Waals surface area contributed by atoms with Crippen LogP contribution in [0.15, 0.2) is 76.4 Å². The van der Waals surface area contributed by atoms with Gasteiger partial charge in [0.15, 0.2) is 6.04 Å². The van der Waals surface area contributed by atoms with Gasteiger partial charge in [0.2, 0.25) is 5.89 Å². The predicted octanol–water partition coefficient (Wildman–Crippen LogP) is 4.74. The third kappa shape index (κ3) is 4.23. The van der Waals surface area contributed by atoms with Crippen LogP contribution < -0.4 is 14.8 Å². The van der Waals surface area contributed by atoms with E-state index in [1.807, 2.05) is 36.4 Å². The lowest BCUT2D eigenvalue weighted by molar-refractivity contribution is -0.690. The summed E-state index contributed by atoms with van der Waals surface area (Å²) >= 11 is 1.52. The van der Waals surface area contributed by atoms with E-state index < -0.39 is 0 Å². The molecule has 6 rings (SSSR count). The van der Waals surface area contributed by atoms with Crippen LogP contribution in [0.3, 0.4) is 0 Å². The van der Waals surface area contributed by atoms with Gasteiger partial charge in [0.25, 0.3) is 5.22 Å². The molecule has 5 aromatic rings. The van der Waals surface area contributed by atoms with Crippen LogP contribution in [0.25, 0.3) is 22.4 Å². The third-order valence-electron chi connectivity index (χ3n) is 6.70. The molecule has 1 aliphatic heterocycles. The highest BCUT2D eigenvalue weighted by atomic mass is 32.2. The topological polar surface area (TPSA) is 89.8 Å². The summed E-state index contributed by atoms with van der Waals surface area (Å²) in [7, 11) is 3.42. The largest absolute Gasteiger partial charge is 0.497 e. The first-order chi connectivity index (χ1) is 17.7. The molecule has 0 spiro atoms. The van der Waals surface area contributed by atoms with Crippen LogP contribution in [0.2, 0.25) is 0 Å². The minimum atomic E-state index is 0.190. The van der Waals surface area contributed by atoms with Crippen LogP contribution in [-0.2, 0) is 12.2 Å². The lowest BCUT2D eigenvalue weighted by Crippen LogP contribution is -2.87. The Kier molecular flexibility index (Phi) is 6.13. The summed E-state index contributed by atoms with van der Waals surface area (Å²) in [6.07, 6.45) is 1.03. The molecule has 0 saturated heterocycles. The summed E-state index contributed by atoms with van der Waals surface area (Å²) in [5.41, 5.74) is 7.03. The molecule has 0 fully saturated rings. The number of aromatic nitrogens is 3. The Bertz CT molecular complexity index is 1510. The van der Waals surface area contributed by atoms with Gasteiger partial charge in [-0.15, -0.1) is 10.2 Å². The molecule has 0 amide bonds. The van der Waals surface area contributed by atoms with Crippen molar-refractivity contribution in [1.82, 2.24) is 15.2 Å². The molecule has 7 nitrogen and oxygen atoms in total. The van der Waals surface area contributed by atoms with E-state index in [0.717, 1.165) is 41.1 Å². The van der Waals surface area contributed by atoms with Crippen LogP contribution in [0.5, 0.6) is 11.5 Å². The van der Waals surface area contributed by atoms with E-state index in [0.29, 0.717) is 16.9 Å². The number of quaternary nitrogens is 1. The summed E-state index contributed by atoms with van der Waals surface area (Å²) in [6, 6.07) is 22.7. The van der Waals surface area contributed by atoms with Crippen molar-refractivity contribution in [3.63, 3.8) is 0 Å². The number of benzene rings is 3. The van der Waals surface area contributed by atoms with Crippen LogP contribution in [0.1, 0.15) is 28.4 Å². The minimum absolute atomic E-state index is 0.190. The average molecular weight is 500 g/mol. The zero-order valence-electron chi connectivity index (χ0n) is 20.2. The highest BCUT2D eigenvalue weighted by molar-refractivity contribution is 7.98. The van der Waals surface area contributed by atoms with Crippen molar-refractivity contribution >= 4 is 22.7 Å². The van der Waals surface area contributed by atoms with Gasteiger partial charge in [-0.1, -0.05) is 30.0 Å². The van der Waals surface area contributed by atoms with Crippen LogP contribution in [0.4, 0.5) is 0 Å². The zero-order chi connectivity index (χ0) is 24.5. The van der Waals surface area contributed by atoms with Crippen molar-refractivity contribution in [3.05, 3.63) is 89.1 Å². The Morgan fingerprint density at radius 3 is 2.75 bits per heavy atom. The Hall–Kier alpha value is -3.75. The van der Waals surface area contributed by atoms with Crippen molar-refractivity contribution < 1.29 is 19.2 Å². The minimum Gasteiger partial charge on any atom is -0.497 e. The molecule has 1 atom stereocenters. The number of fused-ring (bicyclic) bond motifs is 3. The number of methoxy groups -OCH3 is 2. The molecule has 182 valence electrons. The van der Waals surface area contributed by atoms with E-state index in [1.165, 1.54) is 34.0 Å². The van der Waals surface area contributed by atoms with Crippen molar-refractivity contribution in [2.24, 2.45) is 0 Å². The summed E-state index contributed by atoms with van der Waals surface area (Å²) in [5.74, 6) is 2.93. The molecule has 0 aliphatic carbocycles. The van der Waals surface area contributed by atoms with E-state index >= 15 is 0 Å². The van der Waals surface area contributed by atoms with Crippen molar-refractivity contribution in [1.29, 1.82) is 0 Å². The Labute approximate surface area is 213 Å². The van der Waals surface area contributed by atoms with Crippen molar-refractivity contribution in [2.75, 3.05) is 20.8 Å². The monoisotopic (exact) mass is 499 g/mol. The number of aromatic amines is 1. The van der Waals surface area contributed by atoms with Gasteiger partial charge in [0.05, 0.1) is 26.5 Å². The smallest absolute Gasteiger partial charge is 0.277 e. The quantitative estimate of drug-likeness (QED) is 0.315. The first-order valence-corrected chi connectivity index (χ1v) is 12.9. The molecule has 2 aromatic heterocycles. The maximum Gasteiger partial charge on any atom is 0.277 e. The Morgan fingerprint density at radius 2 is 1.92 bits per heavy atom. The SMILES string of the molecule is COc1ccc2[nH]c3c(c2c1)CC[NH2+][C@H]3c1ccc(OC)c(CSc2nnc(-c3ccccc3)o2)c1. The Balaban J connectivity index is 1.27. The van der Waals surface area contributed by atoms with Gasteiger partial charge in [-0.25, -0.2) is 0 Å². The zero-order valence-corrected chi connectivity index (χ0v) is 21.0. The normalized spacial score (nSPS) is 15.1. The third-order valence-corrected chi connectivity index (χ3v) is 7.56. The fourth-order valence-electron chi connectivity index (χ4n) is 4.93. The first kappa shape index (κ1) is 22.7. The summed E-state index contributed by atoms with van der Waals surface area (Å²) in [5, 5.41) is 12.6. The van der Waals surface area contributed by atoms with Crippen LogP contribution >= 0.6 is 11.8 Å². The first-order valence-electron chi connectivity index (χ1n) is 11.9. The highest BCUT2D eigenvalue weighted by Crippen LogP contribution is 2.35. The predicted molar refractivity (Wildman–Crippen MR) is 139 cm³/mol. The van der Waals surface area contributed by atoms with Crippen LogP contribution in [0, 0.1) is 0 Å². The van der Waals surface area contributed by atoms with Gasteiger partial charge in [-0.2, -0.15) is 0 Å². The van der Waals surface area contributed by atoms with Gasteiger partial charge in [-0.05, 0) is 54.1 Å². The van der Waals surface area contributed by atoms with Gasteiger partial charge < -0.3 is 24.2 Å².